The van der Waals surface area contributed by atoms with Crippen LogP contribution in [0.2, 0.25) is 0 Å². The molecule has 19 heavy (non-hydrogen) atoms. The summed E-state index contributed by atoms with van der Waals surface area (Å²) < 4.78 is 4.99. The largest absolute Gasteiger partial charge is 0.469 e. The highest BCUT2D eigenvalue weighted by Gasteiger charge is 2.40. The van der Waals surface area contributed by atoms with Crippen molar-refractivity contribution in [2.45, 2.75) is 38.5 Å². The minimum absolute atomic E-state index is 0. The van der Waals surface area contributed by atoms with Gasteiger partial charge < -0.3 is 15.4 Å². The Labute approximate surface area is 132 Å². The van der Waals surface area contributed by atoms with Crippen LogP contribution in [0.4, 0.5) is 0 Å². The van der Waals surface area contributed by atoms with E-state index in [1.807, 2.05) is 0 Å². The summed E-state index contributed by atoms with van der Waals surface area (Å²) in [6.45, 7) is 2.45. The van der Waals surface area contributed by atoms with Crippen LogP contribution in [0.1, 0.15) is 38.5 Å². The Morgan fingerprint density at radius 3 is 2.68 bits per heavy atom. The third-order valence-electron chi connectivity index (χ3n) is 3.92. The Hall–Kier alpha value is -0.530. The van der Waals surface area contributed by atoms with Crippen LogP contribution in [0.15, 0.2) is 4.99 Å². The standard InChI is InChI=1S/C13H23N3O2.HI/c1-18-11(17)13(6-3-2-4-7-13)10-16-12-14-8-5-9-15-12;/h2-10H2,1H3,(H2,14,15,16);1H. The number of carbonyl (C=O) groups is 1. The second-order valence-electron chi connectivity index (χ2n) is 5.20. The van der Waals surface area contributed by atoms with Gasteiger partial charge in [0.1, 0.15) is 0 Å². The first-order valence-corrected chi connectivity index (χ1v) is 6.87. The lowest BCUT2D eigenvalue weighted by molar-refractivity contribution is -0.154. The van der Waals surface area contributed by atoms with Gasteiger partial charge in [0, 0.05) is 19.6 Å². The van der Waals surface area contributed by atoms with Gasteiger partial charge in [-0.2, -0.15) is 0 Å². The van der Waals surface area contributed by atoms with Crippen molar-refractivity contribution in [2.75, 3.05) is 26.7 Å². The maximum absolute atomic E-state index is 12.0. The predicted octanol–water partition coefficient (Wildman–Crippen LogP) is 1.67. The highest BCUT2D eigenvalue weighted by molar-refractivity contribution is 14.0. The van der Waals surface area contributed by atoms with Crippen LogP contribution in [0.3, 0.4) is 0 Å². The smallest absolute Gasteiger partial charge is 0.313 e. The first kappa shape index (κ1) is 16.5. The van der Waals surface area contributed by atoms with Crippen molar-refractivity contribution >= 4 is 35.9 Å². The van der Waals surface area contributed by atoms with Crippen molar-refractivity contribution in [1.82, 2.24) is 10.6 Å². The van der Waals surface area contributed by atoms with E-state index < -0.39 is 0 Å². The van der Waals surface area contributed by atoms with Gasteiger partial charge in [-0.15, -0.1) is 24.0 Å². The number of nitrogens with zero attached hydrogens (tertiary/aromatic N) is 1. The van der Waals surface area contributed by atoms with E-state index in [1.165, 1.54) is 13.5 Å². The zero-order valence-electron chi connectivity index (χ0n) is 11.5. The average Bonchev–Trinajstić information content (AvgIpc) is 2.46. The summed E-state index contributed by atoms with van der Waals surface area (Å²) in [4.78, 5) is 16.4. The van der Waals surface area contributed by atoms with Crippen LogP contribution < -0.4 is 10.6 Å². The zero-order chi connectivity index (χ0) is 12.8. The van der Waals surface area contributed by atoms with E-state index in [2.05, 4.69) is 15.6 Å². The minimum atomic E-state index is -0.353. The molecule has 0 spiro atoms. The van der Waals surface area contributed by atoms with Crippen LogP contribution in [0.5, 0.6) is 0 Å². The Morgan fingerprint density at radius 2 is 2.11 bits per heavy atom. The lowest BCUT2D eigenvalue weighted by Crippen LogP contribution is -2.49. The van der Waals surface area contributed by atoms with Gasteiger partial charge in [-0.1, -0.05) is 19.3 Å². The molecule has 5 nitrogen and oxygen atoms in total. The molecule has 0 bridgehead atoms. The quantitative estimate of drug-likeness (QED) is 0.577. The molecule has 0 aromatic carbocycles. The van der Waals surface area contributed by atoms with E-state index >= 15 is 0 Å². The number of rotatable bonds is 3. The number of hydrogen-bond acceptors (Lipinski definition) is 5. The van der Waals surface area contributed by atoms with Crippen molar-refractivity contribution in [3.63, 3.8) is 0 Å². The Balaban J connectivity index is 0.00000180. The molecule has 0 saturated heterocycles. The monoisotopic (exact) mass is 381 g/mol. The maximum atomic E-state index is 12.0. The van der Waals surface area contributed by atoms with Crippen LogP contribution in [0.25, 0.3) is 0 Å². The maximum Gasteiger partial charge on any atom is 0.313 e. The molecule has 1 aliphatic heterocycles. The van der Waals surface area contributed by atoms with Gasteiger partial charge in [-0.25, -0.2) is 0 Å². The fourth-order valence-corrected chi connectivity index (χ4v) is 2.80. The number of guanidine groups is 1. The van der Waals surface area contributed by atoms with E-state index in [0.29, 0.717) is 6.54 Å². The first-order valence-electron chi connectivity index (χ1n) is 6.87. The normalized spacial score (nSPS) is 21.4. The summed E-state index contributed by atoms with van der Waals surface area (Å²) in [6.07, 6.45) is 6.35. The lowest BCUT2D eigenvalue weighted by Gasteiger charge is -2.35. The number of esters is 1. The summed E-state index contributed by atoms with van der Waals surface area (Å²) in [6, 6.07) is 0. The Kier molecular flexibility index (Phi) is 6.88. The zero-order valence-corrected chi connectivity index (χ0v) is 13.9. The topological polar surface area (TPSA) is 62.7 Å². The minimum Gasteiger partial charge on any atom is -0.469 e. The molecule has 0 unspecified atom stereocenters. The number of halogens is 1. The fraction of sp³-hybridized carbons (Fsp3) is 0.846. The number of ether oxygens (including phenoxy) is 1. The number of methoxy groups -OCH3 is 1. The van der Waals surface area contributed by atoms with E-state index in [0.717, 1.165) is 51.2 Å². The number of carbonyl (C=O) groups excluding carboxylic acids is 1. The lowest BCUT2D eigenvalue weighted by atomic mass is 9.74. The summed E-state index contributed by atoms with van der Waals surface area (Å²) >= 11 is 0. The molecule has 6 heteroatoms. The third kappa shape index (κ3) is 4.22. The van der Waals surface area contributed by atoms with Gasteiger partial charge in [-0.05, 0) is 19.3 Å². The predicted molar refractivity (Wildman–Crippen MR) is 85.9 cm³/mol. The molecular formula is C13H24IN3O2. The molecule has 0 radical (unpaired) electrons. The van der Waals surface area contributed by atoms with Crippen LogP contribution in [-0.2, 0) is 9.53 Å². The van der Waals surface area contributed by atoms with Crippen molar-refractivity contribution < 1.29 is 9.53 Å². The second kappa shape index (κ2) is 7.91. The number of nitrogens with one attached hydrogen (secondary N) is 2. The van der Waals surface area contributed by atoms with Crippen molar-refractivity contribution in [1.29, 1.82) is 0 Å². The first-order chi connectivity index (χ1) is 8.77. The van der Waals surface area contributed by atoms with Crippen LogP contribution in [-0.4, -0.2) is 38.7 Å². The van der Waals surface area contributed by atoms with E-state index in [-0.39, 0.29) is 35.4 Å². The number of hydrogen-bond donors (Lipinski definition) is 2. The van der Waals surface area contributed by atoms with Gasteiger partial charge >= 0.3 is 5.97 Å². The van der Waals surface area contributed by atoms with Gasteiger partial charge in [0.05, 0.1) is 12.5 Å². The molecular weight excluding hydrogens is 357 g/mol. The molecule has 1 aliphatic carbocycles. The molecule has 0 amide bonds. The summed E-state index contributed by atoms with van der Waals surface area (Å²) in [5.74, 6) is 0.751. The van der Waals surface area contributed by atoms with Crippen molar-refractivity contribution in [3.8, 4) is 0 Å². The molecule has 0 atom stereocenters. The van der Waals surface area contributed by atoms with Gasteiger partial charge in [-0.3, -0.25) is 9.79 Å². The Bertz CT molecular complexity index is 328. The number of aliphatic imine (C=N–C) groups is 1. The highest BCUT2D eigenvalue weighted by atomic mass is 127. The average molecular weight is 381 g/mol. The molecule has 2 rings (SSSR count). The molecule has 110 valence electrons. The molecule has 2 N–H and O–H groups in total. The summed E-state index contributed by atoms with van der Waals surface area (Å²) in [5, 5.41) is 6.51. The van der Waals surface area contributed by atoms with Gasteiger partial charge in [0.2, 0.25) is 0 Å². The Morgan fingerprint density at radius 1 is 1.37 bits per heavy atom. The fourth-order valence-electron chi connectivity index (χ4n) is 2.80. The van der Waals surface area contributed by atoms with E-state index in [4.69, 9.17) is 4.74 Å². The van der Waals surface area contributed by atoms with Crippen molar-refractivity contribution in [3.05, 3.63) is 0 Å². The van der Waals surface area contributed by atoms with E-state index in [1.54, 1.807) is 0 Å². The van der Waals surface area contributed by atoms with Crippen LogP contribution >= 0.6 is 24.0 Å². The van der Waals surface area contributed by atoms with Crippen molar-refractivity contribution in [2.24, 2.45) is 10.4 Å². The summed E-state index contributed by atoms with van der Waals surface area (Å²) in [5.41, 5.74) is -0.353. The summed E-state index contributed by atoms with van der Waals surface area (Å²) in [7, 11) is 1.48. The SMILES string of the molecule is COC(=O)C1(CNC2=NCCCN2)CCCCC1.I. The molecule has 0 aromatic heterocycles. The van der Waals surface area contributed by atoms with Gasteiger partial charge in [0.25, 0.3) is 0 Å². The molecule has 1 saturated carbocycles. The molecule has 2 aliphatic rings. The van der Waals surface area contributed by atoms with Gasteiger partial charge in [0.15, 0.2) is 5.96 Å². The third-order valence-corrected chi connectivity index (χ3v) is 3.92. The molecule has 0 aromatic rings. The van der Waals surface area contributed by atoms with Crippen LogP contribution in [0, 0.1) is 5.41 Å². The highest BCUT2D eigenvalue weighted by Crippen LogP contribution is 2.36. The second-order valence-corrected chi connectivity index (χ2v) is 5.20. The molecule has 1 heterocycles. The van der Waals surface area contributed by atoms with E-state index in [9.17, 15) is 4.79 Å². The molecule has 1 fully saturated rings.